The summed E-state index contributed by atoms with van der Waals surface area (Å²) < 4.78 is 5.65. The van der Waals surface area contributed by atoms with Crippen molar-refractivity contribution in [1.29, 1.82) is 0 Å². The molecule has 2 aromatic heterocycles. The third kappa shape index (κ3) is 4.74. The summed E-state index contributed by atoms with van der Waals surface area (Å²) in [5.74, 6) is 1.77. The van der Waals surface area contributed by atoms with Crippen LogP contribution in [0.1, 0.15) is 29.1 Å². The minimum Gasteiger partial charge on any atom is -0.491 e. The summed E-state index contributed by atoms with van der Waals surface area (Å²) in [6, 6.07) is 15.8. The number of nitrogens with one attached hydrogen (secondary N) is 1. The van der Waals surface area contributed by atoms with Crippen LogP contribution in [0.2, 0.25) is 0 Å². The van der Waals surface area contributed by atoms with E-state index < -0.39 is 0 Å². The number of thiophene rings is 1. The van der Waals surface area contributed by atoms with Crippen LogP contribution in [-0.4, -0.2) is 29.3 Å². The molecule has 3 aromatic rings. The van der Waals surface area contributed by atoms with Gasteiger partial charge in [-0.15, -0.1) is 23.1 Å². The van der Waals surface area contributed by atoms with Crippen LogP contribution in [0.3, 0.4) is 0 Å². The maximum atomic E-state index is 12.6. The molecular formula is C22H23N3O2S2. The summed E-state index contributed by atoms with van der Waals surface area (Å²) in [5, 5.41) is 5.12. The summed E-state index contributed by atoms with van der Waals surface area (Å²) in [6.45, 7) is 5.40. The maximum absolute atomic E-state index is 12.6. The van der Waals surface area contributed by atoms with Gasteiger partial charge < -0.3 is 15.0 Å². The Hall–Kier alpha value is -2.51. The molecule has 1 aromatic carbocycles. The van der Waals surface area contributed by atoms with Gasteiger partial charge >= 0.3 is 0 Å². The van der Waals surface area contributed by atoms with E-state index in [9.17, 15) is 4.79 Å². The highest BCUT2D eigenvalue weighted by Crippen LogP contribution is 2.39. The second-order valence-electron chi connectivity index (χ2n) is 6.96. The fourth-order valence-electron chi connectivity index (χ4n) is 3.10. The zero-order chi connectivity index (χ0) is 20.2. The molecule has 29 heavy (non-hydrogen) atoms. The smallest absolute Gasteiger partial charge is 0.261 e. The van der Waals surface area contributed by atoms with Crippen LogP contribution >= 0.6 is 23.1 Å². The van der Waals surface area contributed by atoms with Crippen molar-refractivity contribution in [3.8, 4) is 5.75 Å². The monoisotopic (exact) mass is 425 g/mol. The Morgan fingerprint density at radius 1 is 1.21 bits per heavy atom. The van der Waals surface area contributed by atoms with Gasteiger partial charge in [0.2, 0.25) is 0 Å². The highest BCUT2D eigenvalue weighted by atomic mass is 32.2. The van der Waals surface area contributed by atoms with E-state index in [4.69, 9.17) is 4.74 Å². The van der Waals surface area contributed by atoms with E-state index in [1.165, 1.54) is 11.3 Å². The van der Waals surface area contributed by atoms with E-state index >= 15 is 0 Å². The van der Waals surface area contributed by atoms with Gasteiger partial charge in [0.1, 0.15) is 10.8 Å². The van der Waals surface area contributed by atoms with Crippen molar-refractivity contribution >= 4 is 39.7 Å². The zero-order valence-corrected chi connectivity index (χ0v) is 18.1. The minimum atomic E-state index is -0.0541. The Bertz CT molecular complexity index is 986. The molecular weight excluding hydrogens is 402 g/mol. The fourth-order valence-corrected chi connectivity index (χ4v) is 5.00. The number of carbonyl (C=O) groups excluding carboxylic acids is 1. The first-order chi connectivity index (χ1) is 14.1. The Balaban J connectivity index is 1.39. The van der Waals surface area contributed by atoms with Crippen LogP contribution in [0.15, 0.2) is 59.8 Å². The van der Waals surface area contributed by atoms with Crippen molar-refractivity contribution in [3.63, 3.8) is 0 Å². The van der Waals surface area contributed by atoms with Crippen LogP contribution in [0.4, 0.5) is 10.7 Å². The molecule has 1 amide bonds. The topological polar surface area (TPSA) is 54.5 Å². The first kappa shape index (κ1) is 19.8. The molecule has 4 rings (SSSR count). The average Bonchev–Trinajstić information content (AvgIpc) is 3.22. The standard InChI is InChI=1S/C22H23N3O2S2/c1-15(2)27-17-7-5-16(6-8-17)14-24-21(26)19-9-10-20(29-19)25-12-13-28-22-18(25)4-3-11-23-22/h3-11,15H,12-14H2,1-2H3,(H,24,26). The number of hydrogen-bond donors (Lipinski definition) is 1. The van der Waals surface area contributed by atoms with Crippen molar-refractivity contribution in [1.82, 2.24) is 10.3 Å². The SMILES string of the molecule is CC(C)Oc1ccc(CNC(=O)c2ccc(N3CCSc4ncccc43)s2)cc1. The molecule has 0 saturated carbocycles. The molecule has 5 nitrogen and oxygen atoms in total. The quantitative estimate of drug-likeness (QED) is 0.595. The van der Waals surface area contributed by atoms with Crippen LogP contribution in [0, 0.1) is 0 Å². The molecule has 150 valence electrons. The molecule has 0 atom stereocenters. The predicted octanol–water partition coefficient (Wildman–Crippen LogP) is 5.10. The number of hydrogen-bond acceptors (Lipinski definition) is 6. The Labute approximate surface area is 179 Å². The van der Waals surface area contributed by atoms with Crippen LogP contribution in [0.25, 0.3) is 0 Å². The third-order valence-corrected chi connectivity index (χ3v) is 6.51. The van der Waals surface area contributed by atoms with Gasteiger partial charge in [0.15, 0.2) is 0 Å². The first-order valence-corrected chi connectivity index (χ1v) is 11.4. The number of benzene rings is 1. The van der Waals surface area contributed by atoms with E-state index in [0.29, 0.717) is 11.4 Å². The molecule has 1 N–H and O–H groups in total. The van der Waals surface area contributed by atoms with Crippen LogP contribution in [-0.2, 0) is 6.54 Å². The Morgan fingerprint density at radius 3 is 2.83 bits per heavy atom. The van der Waals surface area contributed by atoms with Gasteiger partial charge in [-0.1, -0.05) is 12.1 Å². The van der Waals surface area contributed by atoms with Gasteiger partial charge in [-0.3, -0.25) is 4.79 Å². The number of anilines is 2. The number of carbonyl (C=O) groups is 1. The lowest BCUT2D eigenvalue weighted by molar-refractivity contribution is 0.0955. The molecule has 1 aliphatic heterocycles. The molecule has 0 saturated heterocycles. The van der Waals surface area contributed by atoms with E-state index in [2.05, 4.69) is 21.3 Å². The highest BCUT2D eigenvalue weighted by Gasteiger charge is 2.21. The van der Waals surface area contributed by atoms with E-state index in [0.717, 1.165) is 39.3 Å². The minimum absolute atomic E-state index is 0.0541. The second-order valence-corrected chi connectivity index (χ2v) is 9.10. The Morgan fingerprint density at radius 2 is 2.03 bits per heavy atom. The summed E-state index contributed by atoms with van der Waals surface area (Å²) in [7, 11) is 0. The third-order valence-electron chi connectivity index (χ3n) is 4.43. The van der Waals surface area contributed by atoms with E-state index in [1.54, 1.807) is 11.8 Å². The summed E-state index contributed by atoms with van der Waals surface area (Å²) in [6.07, 6.45) is 1.97. The summed E-state index contributed by atoms with van der Waals surface area (Å²) in [5.41, 5.74) is 2.15. The second kappa shape index (κ2) is 8.88. The van der Waals surface area contributed by atoms with Crippen LogP contribution < -0.4 is 15.0 Å². The van der Waals surface area contributed by atoms with E-state index in [1.807, 2.05) is 62.5 Å². The number of fused-ring (bicyclic) bond motifs is 1. The largest absolute Gasteiger partial charge is 0.491 e. The van der Waals surface area contributed by atoms with E-state index in [-0.39, 0.29) is 12.0 Å². The molecule has 0 unspecified atom stereocenters. The van der Waals surface area contributed by atoms with Gasteiger partial charge in [-0.05, 0) is 55.8 Å². The van der Waals surface area contributed by atoms with Crippen molar-refractivity contribution in [2.45, 2.75) is 31.5 Å². The summed E-state index contributed by atoms with van der Waals surface area (Å²) >= 11 is 3.29. The molecule has 3 heterocycles. The van der Waals surface area contributed by atoms with Gasteiger partial charge in [0.05, 0.1) is 21.7 Å². The number of ether oxygens (including phenoxy) is 1. The van der Waals surface area contributed by atoms with Gasteiger partial charge in [-0.2, -0.15) is 0 Å². The van der Waals surface area contributed by atoms with Crippen molar-refractivity contribution < 1.29 is 9.53 Å². The number of pyridine rings is 1. The number of aromatic nitrogens is 1. The molecule has 0 fully saturated rings. The lowest BCUT2D eigenvalue weighted by atomic mass is 10.2. The number of thioether (sulfide) groups is 1. The molecule has 0 bridgehead atoms. The molecule has 0 spiro atoms. The zero-order valence-electron chi connectivity index (χ0n) is 16.4. The lowest BCUT2D eigenvalue weighted by Crippen LogP contribution is -2.23. The van der Waals surface area contributed by atoms with Gasteiger partial charge in [0.25, 0.3) is 5.91 Å². The fraction of sp³-hybridized carbons (Fsp3) is 0.273. The number of nitrogens with zero attached hydrogens (tertiary/aromatic N) is 2. The van der Waals surface area contributed by atoms with Crippen molar-refractivity contribution in [2.75, 3.05) is 17.2 Å². The van der Waals surface area contributed by atoms with Crippen molar-refractivity contribution in [2.24, 2.45) is 0 Å². The molecule has 7 heteroatoms. The highest BCUT2D eigenvalue weighted by molar-refractivity contribution is 7.99. The molecule has 0 radical (unpaired) electrons. The van der Waals surface area contributed by atoms with Gasteiger partial charge in [-0.25, -0.2) is 4.98 Å². The summed E-state index contributed by atoms with van der Waals surface area (Å²) in [4.78, 5) is 20.0. The number of rotatable bonds is 6. The van der Waals surface area contributed by atoms with Crippen molar-refractivity contribution in [3.05, 3.63) is 65.2 Å². The predicted molar refractivity (Wildman–Crippen MR) is 120 cm³/mol. The Kier molecular flexibility index (Phi) is 6.06. The number of amides is 1. The molecule has 1 aliphatic rings. The van der Waals surface area contributed by atoms with Gasteiger partial charge in [0, 0.05) is 25.0 Å². The normalized spacial score (nSPS) is 13.3. The van der Waals surface area contributed by atoms with Crippen LogP contribution in [0.5, 0.6) is 5.75 Å². The average molecular weight is 426 g/mol. The maximum Gasteiger partial charge on any atom is 0.261 e. The first-order valence-electron chi connectivity index (χ1n) is 9.59. The lowest BCUT2D eigenvalue weighted by Gasteiger charge is -2.28. The molecule has 0 aliphatic carbocycles.